The molecule has 116 valence electrons. The molecule has 2 fully saturated rings. The summed E-state index contributed by atoms with van der Waals surface area (Å²) in [4.78, 5) is 18.8. The van der Waals surface area contributed by atoms with Crippen molar-refractivity contribution in [2.75, 3.05) is 53.9 Å². The molecule has 0 spiro atoms. The first kappa shape index (κ1) is 15.7. The van der Waals surface area contributed by atoms with E-state index in [1.807, 2.05) is 14.1 Å². The summed E-state index contributed by atoms with van der Waals surface area (Å²) in [5, 5.41) is 10.6. The zero-order valence-electron chi connectivity index (χ0n) is 13.4. The second kappa shape index (κ2) is 5.62. The first-order chi connectivity index (χ1) is 9.24. The molecule has 2 aliphatic heterocycles. The molecule has 2 heterocycles. The molecule has 20 heavy (non-hydrogen) atoms. The van der Waals surface area contributed by atoms with Crippen LogP contribution in [0.4, 0.5) is 0 Å². The molecule has 0 radical (unpaired) electrons. The molecule has 0 aromatic carbocycles. The third-order valence-electron chi connectivity index (χ3n) is 4.93. The molecular weight excluding hydrogens is 254 g/mol. The maximum absolute atomic E-state index is 12.6. The Kier molecular flexibility index (Phi) is 4.42. The van der Waals surface area contributed by atoms with E-state index < -0.39 is 5.60 Å². The van der Waals surface area contributed by atoms with E-state index in [1.165, 1.54) is 0 Å². The van der Waals surface area contributed by atoms with Gasteiger partial charge >= 0.3 is 0 Å². The molecule has 2 aliphatic rings. The highest BCUT2D eigenvalue weighted by Gasteiger charge is 2.42. The van der Waals surface area contributed by atoms with Gasteiger partial charge in [-0.05, 0) is 45.3 Å². The van der Waals surface area contributed by atoms with Gasteiger partial charge in [0.05, 0.1) is 0 Å². The summed E-state index contributed by atoms with van der Waals surface area (Å²) < 4.78 is 0. The molecule has 1 amide bonds. The molecule has 1 N–H and O–H groups in total. The van der Waals surface area contributed by atoms with Crippen LogP contribution in [0.15, 0.2) is 0 Å². The van der Waals surface area contributed by atoms with Crippen molar-refractivity contribution in [3.8, 4) is 0 Å². The maximum atomic E-state index is 12.6. The lowest BCUT2D eigenvalue weighted by molar-refractivity contribution is -0.155. The van der Waals surface area contributed by atoms with Crippen molar-refractivity contribution in [1.29, 1.82) is 0 Å². The fourth-order valence-electron chi connectivity index (χ4n) is 3.60. The van der Waals surface area contributed by atoms with Crippen LogP contribution in [-0.4, -0.2) is 85.2 Å². The summed E-state index contributed by atoms with van der Waals surface area (Å²) in [6.07, 6.45) is 2.20. The van der Waals surface area contributed by atoms with Gasteiger partial charge in [0, 0.05) is 33.2 Å². The van der Waals surface area contributed by atoms with Gasteiger partial charge in [0.1, 0.15) is 5.60 Å². The largest absolute Gasteiger partial charge is 0.380 e. The van der Waals surface area contributed by atoms with Crippen LogP contribution in [0.5, 0.6) is 0 Å². The van der Waals surface area contributed by atoms with Crippen molar-refractivity contribution in [2.45, 2.75) is 31.8 Å². The maximum Gasteiger partial charge on any atom is 0.254 e. The van der Waals surface area contributed by atoms with Crippen molar-refractivity contribution in [3.05, 3.63) is 0 Å². The van der Waals surface area contributed by atoms with Crippen LogP contribution in [0, 0.1) is 5.41 Å². The zero-order chi connectivity index (χ0) is 15.0. The summed E-state index contributed by atoms with van der Waals surface area (Å²) in [6, 6.07) is 0. The number of hydrogen-bond acceptors (Lipinski definition) is 4. The summed E-state index contributed by atoms with van der Waals surface area (Å²) >= 11 is 0. The molecule has 0 saturated carbocycles. The predicted molar refractivity (Wildman–Crippen MR) is 79.5 cm³/mol. The van der Waals surface area contributed by atoms with Gasteiger partial charge in [-0.25, -0.2) is 0 Å². The zero-order valence-corrected chi connectivity index (χ0v) is 13.4. The fourth-order valence-corrected chi connectivity index (χ4v) is 3.60. The summed E-state index contributed by atoms with van der Waals surface area (Å²) in [7, 11) is 5.99. The molecule has 2 saturated heterocycles. The lowest BCUT2D eigenvalue weighted by Crippen LogP contribution is -2.55. The van der Waals surface area contributed by atoms with E-state index in [0.717, 1.165) is 39.1 Å². The Bertz CT molecular complexity index is 366. The van der Waals surface area contributed by atoms with Crippen molar-refractivity contribution in [3.63, 3.8) is 0 Å². The number of nitrogens with zero attached hydrogens (tertiary/aromatic N) is 3. The van der Waals surface area contributed by atoms with Crippen LogP contribution < -0.4 is 0 Å². The van der Waals surface area contributed by atoms with E-state index >= 15 is 0 Å². The molecule has 5 nitrogen and oxygen atoms in total. The van der Waals surface area contributed by atoms with Gasteiger partial charge in [0.2, 0.25) is 0 Å². The molecule has 1 atom stereocenters. The van der Waals surface area contributed by atoms with Crippen LogP contribution in [0.1, 0.15) is 26.2 Å². The number of likely N-dealkylation sites (N-methyl/N-ethyl adjacent to an activating group) is 1. The number of amides is 1. The summed E-state index contributed by atoms with van der Waals surface area (Å²) in [5.74, 6) is -0.0959. The Morgan fingerprint density at radius 1 is 1.15 bits per heavy atom. The molecule has 0 bridgehead atoms. The number of likely N-dealkylation sites (tertiary alicyclic amines) is 2. The van der Waals surface area contributed by atoms with E-state index in [-0.39, 0.29) is 11.3 Å². The van der Waals surface area contributed by atoms with E-state index in [1.54, 1.807) is 4.90 Å². The fraction of sp³-hybridized carbons (Fsp3) is 0.933. The normalized spacial score (nSPS) is 31.4. The van der Waals surface area contributed by atoms with E-state index in [2.05, 4.69) is 23.8 Å². The monoisotopic (exact) mass is 283 g/mol. The topological polar surface area (TPSA) is 47.0 Å². The lowest BCUT2D eigenvalue weighted by Gasteiger charge is -2.39. The highest BCUT2D eigenvalue weighted by molar-refractivity contribution is 5.85. The second-order valence-corrected chi connectivity index (χ2v) is 7.29. The van der Waals surface area contributed by atoms with Crippen LogP contribution in [-0.2, 0) is 4.79 Å². The summed E-state index contributed by atoms with van der Waals surface area (Å²) in [6.45, 7) is 6.65. The van der Waals surface area contributed by atoms with Gasteiger partial charge in [0.25, 0.3) is 5.91 Å². The van der Waals surface area contributed by atoms with Gasteiger partial charge in [-0.2, -0.15) is 0 Å². The third kappa shape index (κ3) is 3.32. The van der Waals surface area contributed by atoms with E-state index in [9.17, 15) is 9.90 Å². The molecular formula is C15H29N3O2. The standard InChI is InChI=1S/C15H29N3O2/c1-14(5-8-17(3)11-14)12-18(4)13(19)15(20)6-9-16(2)10-7-15/h20H,5-12H2,1-4H3. The SMILES string of the molecule is CN1CCC(O)(C(=O)N(C)CC2(C)CCN(C)C2)CC1. The number of carbonyl (C=O) groups excluding carboxylic acids is 1. The Hall–Kier alpha value is -0.650. The van der Waals surface area contributed by atoms with E-state index in [4.69, 9.17) is 0 Å². The smallest absolute Gasteiger partial charge is 0.254 e. The number of hydrogen-bond donors (Lipinski definition) is 1. The van der Waals surface area contributed by atoms with Crippen LogP contribution in [0.2, 0.25) is 0 Å². The molecule has 1 unspecified atom stereocenters. The molecule has 0 aliphatic carbocycles. The minimum atomic E-state index is -1.15. The van der Waals surface area contributed by atoms with Crippen LogP contribution >= 0.6 is 0 Å². The van der Waals surface area contributed by atoms with Crippen molar-refractivity contribution >= 4 is 5.91 Å². The minimum absolute atomic E-state index is 0.0959. The number of carbonyl (C=O) groups is 1. The van der Waals surface area contributed by atoms with Gasteiger partial charge in [-0.1, -0.05) is 6.92 Å². The Morgan fingerprint density at radius 3 is 2.20 bits per heavy atom. The van der Waals surface area contributed by atoms with Crippen LogP contribution in [0.25, 0.3) is 0 Å². The Balaban J connectivity index is 1.95. The predicted octanol–water partition coefficient (Wildman–Crippen LogP) is 0.243. The molecule has 5 heteroatoms. The minimum Gasteiger partial charge on any atom is -0.380 e. The van der Waals surface area contributed by atoms with E-state index in [0.29, 0.717) is 12.8 Å². The molecule has 0 aromatic heterocycles. The second-order valence-electron chi connectivity index (χ2n) is 7.29. The highest BCUT2D eigenvalue weighted by atomic mass is 16.3. The van der Waals surface area contributed by atoms with Crippen molar-refractivity contribution in [1.82, 2.24) is 14.7 Å². The number of piperidine rings is 1. The first-order valence-electron chi connectivity index (χ1n) is 7.59. The highest BCUT2D eigenvalue weighted by Crippen LogP contribution is 2.31. The number of aliphatic hydroxyl groups is 1. The third-order valence-corrected chi connectivity index (χ3v) is 4.93. The average molecular weight is 283 g/mol. The Labute approximate surface area is 122 Å². The first-order valence-corrected chi connectivity index (χ1v) is 7.59. The molecule has 2 rings (SSSR count). The van der Waals surface area contributed by atoms with Gasteiger partial charge in [-0.15, -0.1) is 0 Å². The Morgan fingerprint density at radius 2 is 1.70 bits per heavy atom. The molecule has 0 aromatic rings. The summed E-state index contributed by atoms with van der Waals surface area (Å²) in [5.41, 5.74) is -0.997. The van der Waals surface area contributed by atoms with Crippen LogP contribution in [0.3, 0.4) is 0 Å². The van der Waals surface area contributed by atoms with Gasteiger partial charge in [-0.3, -0.25) is 4.79 Å². The quantitative estimate of drug-likeness (QED) is 0.806. The average Bonchev–Trinajstić information content (AvgIpc) is 2.71. The lowest BCUT2D eigenvalue weighted by atomic mass is 9.86. The number of rotatable bonds is 3. The van der Waals surface area contributed by atoms with Gasteiger partial charge in [0.15, 0.2) is 0 Å². The van der Waals surface area contributed by atoms with Gasteiger partial charge < -0.3 is 19.8 Å². The van der Waals surface area contributed by atoms with Crippen molar-refractivity contribution < 1.29 is 9.90 Å². The van der Waals surface area contributed by atoms with Crippen molar-refractivity contribution in [2.24, 2.45) is 5.41 Å².